The molecule has 5 heterocycles. The van der Waals surface area contributed by atoms with E-state index in [2.05, 4.69) is 30.1 Å². The molecule has 1 amide bonds. The molecule has 0 radical (unpaired) electrons. The molecule has 0 atom stereocenters. The fourth-order valence-corrected chi connectivity index (χ4v) is 6.75. The molecule has 3 aliphatic heterocycles. The number of nitrogens with one attached hydrogen (secondary N) is 2. The number of likely N-dealkylation sites (tertiary alicyclic amines) is 3. The number of H-pyrrole nitrogens is 1. The van der Waals surface area contributed by atoms with Gasteiger partial charge in [-0.1, -0.05) is 29.8 Å². The van der Waals surface area contributed by atoms with Gasteiger partial charge < -0.3 is 25.0 Å². The Hall–Kier alpha value is -4.19. The molecule has 228 valence electrons. The highest BCUT2D eigenvalue weighted by Crippen LogP contribution is 2.32. The zero-order valence-electron chi connectivity index (χ0n) is 24.2. The molecule has 0 bridgehead atoms. The van der Waals surface area contributed by atoms with E-state index in [1.54, 1.807) is 24.4 Å². The summed E-state index contributed by atoms with van der Waals surface area (Å²) in [6.45, 7) is 6.37. The summed E-state index contributed by atoms with van der Waals surface area (Å²) in [5, 5.41) is 13.6. The topological polar surface area (TPSA) is 127 Å². The predicted molar refractivity (Wildman–Crippen MR) is 167 cm³/mol. The number of rotatable bonds is 9. The number of amides is 1. The Morgan fingerprint density at radius 1 is 1.00 bits per heavy atom. The summed E-state index contributed by atoms with van der Waals surface area (Å²) in [5.74, 6) is 2.12. The number of para-hydroxylation sites is 1. The van der Waals surface area contributed by atoms with Gasteiger partial charge >= 0.3 is 6.09 Å². The molecule has 4 aromatic rings. The van der Waals surface area contributed by atoms with Crippen LogP contribution in [0.15, 0.2) is 61.1 Å². The van der Waals surface area contributed by atoms with Crippen LogP contribution in [-0.4, -0.2) is 105 Å². The standard InChI is InChI=1S/C32H34ClN7O4/c33-27-12-24(44-23-4-2-1-3-5-23)6-7-25(27)29(41)26-13-34-30-28(26)31(36-19-35-30)37-21-8-10-39(11-9-21)22-17-38(18-22)14-20-15-40(16-20)32(42)43/h1-7,12-13,19-22H,8-11,14-18H2,(H,42,43)(H2,34,35,36,37). The number of carbonyl (C=O) groups excluding carboxylic acids is 1. The third-order valence-electron chi connectivity index (χ3n) is 8.95. The second kappa shape index (κ2) is 12.1. The van der Waals surface area contributed by atoms with Crippen LogP contribution in [0.3, 0.4) is 0 Å². The van der Waals surface area contributed by atoms with E-state index in [0.717, 1.165) is 45.6 Å². The average molecular weight is 616 g/mol. The lowest BCUT2D eigenvalue weighted by atomic mass is 9.95. The third-order valence-corrected chi connectivity index (χ3v) is 9.26. The second-order valence-electron chi connectivity index (χ2n) is 11.9. The summed E-state index contributed by atoms with van der Waals surface area (Å²) in [7, 11) is 0. The number of nitrogens with zero attached hydrogens (tertiary/aromatic N) is 5. The van der Waals surface area contributed by atoms with Crippen molar-refractivity contribution in [3.63, 3.8) is 0 Å². The van der Waals surface area contributed by atoms with Gasteiger partial charge in [-0.05, 0) is 37.1 Å². The summed E-state index contributed by atoms with van der Waals surface area (Å²) < 4.78 is 5.87. The minimum atomic E-state index is -0.814. The minimum absolute atomic E-state index is 0.215. The molecule has 3 fully saturated rings. The van der Waals surface area contributed by atoms with E-state index >= 15 is 0 Å². The molecule has 11 nitrogen and oxygen atoms in total. The van der Waals surface area contributed by atoms with E-state index in [1.165, 1.54) is 11.2 Å². The fraction of sp³-hybridized carbons (Fsp3) is 0.375. The van der Waals surface area contributed by atoms with E-state index < -0.39 is 6.09 Å². The first-order valence-electron chi connectivity index (χ1n) is 15.0. The van der Waals surface area contributed by atoms with Gasteiger partial charge in [0.2, 0.25) is 0 Å². The van der Waals surface area contributed by atoms with Crippen LogP contribution in [-0.2, 0) is 0 Å². The number of piperidine rings is 1. The highest BCUT2D eigenvalue weighted by molar-refractivity contribution is 6.35. The highest BCUT2D eigenvalue weighted by Gasteiger charge is 2.38. The molecule has 0 unspecified atom stereocenters. The van der Waals surface area contributed by atoms with E-state index in [0.29, 0.717) is 69.5 Å². The number of aromatic amines is 1. The Bertz CT molecular complexity index is 1660. The number of hydrogen-bond acceptors (Lipinski definition) is 8. The third kappa shape index (κ3) is 5.82. The maximum absolute atomic E-state index is 13.7. The van der Waals surface area contributed by atoms with Crippen molar-refractivity contribution in [3.8, 4) is 11.5 Å². The van der Waals surface area contributed by atoms with Crippen molar-refractivity contribution in [2.45, 2.75) is 24.9 Å². The van der Waals surface area contributed by atoms with E-state index in [1.807, 2.05) is 30.3 Å². The number of fused-ring (bicyclic) bond motifs is 1. The molecule has 2 aromatic heterocycles. The zero-order valence-corrected chi connectivity index (χ0v) is 24.9. The van der Waals surface area contributed by atoms with Gasteiger partial charge in [0.15, 0.2) is 5.78 Å². The van der Waals surface area contributed by atoms with Crippen LogP contribution in [0, 0.1) is 5.92 Å². The van der Waals surface area contributed by atoms with Gasteiger partial charge in [-0.2, -0.15) is 0 Å². The fourth-order valence-electron chi connectivity index (χ4n) is 6.50. The monoisotopic (exact) mass is 615 g/mol. The first-order chi connectivity index (χ1) is 21.4. The number of benzene rings is 2. The molecule has 3 N–H and O–H groups in total. The number of anilines is 1. The highest BCUT2D eigenvalue weighted by atomic mass is 35.5. The van der Waals surface area contributed by atoms with Crippen LogP contribution in [0.5, 0.6) is 11.5 Å². The molecule has 7 rings (SSSR count). The quantitative estimate of drug-likeness (QED) is 0.227. The van der Waals surface area contributed by atoms with E-state index in [9.17, 15) is 9.59 Å². The van der Waals surface area contributed by atoms with E-state index in [4.69, 9.17) is 21.4 Å². The summed E-state index contributed by atoms with van der Waals surface area (Å²) in [6, 6.07) is 15.3. The van der Waals surface area contributed by atoms with Gasteiger partial charge in [0.05, 0.1) is 16.0 Å². The van der Waals surface area contributed by atoms with Gasteiger partial charge in [0.1, 0.15) is 29.3 Å². The summed E-state index contributed by atoms with van der Waals surface area (Å²) >= 11 is 6.58. The van der Waals surface area contributed by atoms with Crippen molar-refractivity contribution in [1.82, 2.24) is 29.7 Å². The number of halogens is 1. The van der Waals surface area contributed by atoms with Crippen molar-refractivity contribution >= 4 is 40.3 Å². The summed E-state index contributed by atoms with van der Waals surface area (Å²) in [4.78, 5) is 43.2. The summed E-state index contributed by atoms with van der Waals surface area (Å²) in [6.07, 6.45) is 4.31. The molecular formula is C32H34ClN7O4. The van der Waals surface area contributed by atoms with Gasteiger partial charge in [0, 0.05) is 81.6 Å². The van der Waals surface area contributed by atoms with Crippen LogP contribution in [0.25, 0.3) is 11.0 Å². The lowest BCUT2D eigenvalue weighted by Crippen LogP contribution is -2.64. The van der Waals surface area contributed by atoms with Crippen molar-refractivity contribution < 1.29 is 19.4 Å². The van der Waals surface area contributed by atoms with Crippen molar-refractivity contribution in [1.29, 1.82) is 0 Å². The SMILES string of the molecule is O=C(c1ccc(Oc2ccccc2)cc1Cl)c1c[nH]c2ncnc(NC3CCN(C4CN(CC5CN(C(=O)O)C5)C4)CC3)c12. The number of aromatic nitrogens is 3. The number of carboxylic acid groups (broad SMARTS) is 1. The number of carbonyl (C=O) groups is 2. The maximum atomic E-state index is 13.7. The van der Waals surface area contributed by atoms with Crippen LogP contribution in [0.1, 0.15) is 28.8 Å². The van der Waals surface area contributed by atoms with Gasteiger partial charge in [-0.25, -0.2) is 14.8 Å². The maximum Gasteiger partial charge on any atom is 0.407 e. The Morgan fingerprint density at radius 2 is 1.77 bits per heavy atom. The smallest absolute Gasteiger partial charge is 0.407 e. The van der Waals surface area contributed by atoms with Crippen molar-refractivity contribution in [3.05, 3.63) is 77.2 Å². The number of hydrogen-bond donors (Lipinski definition) is 3. The van der Waals surface area contributed by atoms with Crippen molar-refractivity contribution in [2.75, 3.05) is 51.1 Å². The molecule has 0 saturated carbocycles. The number of ketones is 1. The average Bonchev–Trinajstić information content (AvgIpc) is 3.42. The van der Waals surface area contributed by atoms with Crippen LogP contribution >= 0.6 is 11.6 Å². The van der Waals surface area contributed by atoms with E-state index in [-0.39, 0.29) is 11.8 Å². The Kier molecular flexibility index (Phi) is 7.84. The molecule has 44 heavy (non-hydrogen) atoms. The lowest BCUT2D eigenvalue weighted by Gasteiger charge is -2.50. The Morgan fingerprint density at radius 3 is 2.50 bits per heavy atom. The first-order valence-corrected chi connectivity index (χ1v) is 15.4. The van der Waals surface area contributed by atoms with Crippen LogP contribution in [0.2, 0.25) is 5.02 Å². The molecule has 3 saturated heterocycles. The Balaban J connectivity index is 0.964. The number of ether oxygens (including phenoxy) is 1. The summed E-state index contributed by atoms with van der Waals surface area (Å²) in [5.41, 5.74) is 1.43. The molecule has 0 aliphatic carbocycles. The normalized spacial score (nSPS) is 18.6. The molecule has 2 aromatic carbocycles. The molecular weight excluding hydrogens is 582 g/mol. The van der Waals surface area contributed by atoms with Crippen LogP contribution < -0.4 is 10.1 Å². The minimum Gasteiger partial charge on any atom is -0.465 e. The largest absolute Gasteiger partial charge is 0.465 e. The van der Waals surface area contributed by atoms with Crippen LogP contribution in [0.4, 0.5) is 10.6 Å². The second-order valence-corrected chi connectivity index (χ2v) is 12.3. The first kappa shape index (κ1) is 28.6. The Labute approximate surface area is 259 Å². The van der Waals surface area contributed by atoms with Gasteiger partial charge in [-0.15, -0.1) is 0 Å². The predicted octanol–water partition coefficient (Wildman–Crippen LogP) is 4.80. The zero-order chi connectivity index (χ0) is 30.2. The lowest BCUT2D eigenvalue weighted by molar-refractivity contribution is -0.00862. The van der Waals surface area contributed by atoms with Gasteiger partial charge in [-0.3, -0.25) is 14.6 Å². The van der Waals surface area contributed by atoms with Gasteiger partial charge in [0.25, 0.3) is 0 Å². The molecule has 12 heteroatoms. The molecule has 0 spiro atoms. The van der Waals surface area contributed by atoms with Crippen molar-refractivity contribution in [2.24, 2.45) is 5.92 Å². The molecule has 3 aliphatic rings.